The van der Waals surface area contributed by atoms with Crippen LogP contribution in [-0.4, -0.2) is 0 Å². The molecule has 396 valence electrons. The molecule has 0 unspecified atom stereocenters. The van der Waals surface area contributed by atoms with E-state index in [9.17, 15) is 0 Å². The van der Waals surface area contributed by atoms with E-state index in [2.05, 4.69) is 302 Å². The van der Waals surface area contributed by atoms with Crippen LogP contribution in [0.15, 0.2) is 314 Å². The summed E-state index contributed by atoms with van der Waals surface area (Å²) in [5, 5.41) is 6.77. The zero-order valence-corrected chi connectivity index (χ0v) is 46.2. The molecule has 0 atom stereocenters. The van der Waals surface area contributed by atoms with Gasteiger partial charge in [0.25, 0.3) is 0 Å². The molecule has 0 amide bonds. The number of rotatable bonds is 7. The van der Waals surface area contributed by atoms with Crippen LogP contribution in [0, 0.1) is 0 Å². The third-order valence-corrected chi connectivity index (χ3v) is 18.8. The summed E-state index contributed by atoms with van der Waals surface area (Å²) in [7, 11) is 0. The maximum atomic E-state index is 7.32. The summed E-state index contributed by atoms with van der Waals surface area (Å²) in [6.45, 7) is 0. The van der Waals surface area contributed by atoms with E-state index in [1.165, 1.54) is 55.6 Å². The van der Waals surface area contributed by atoms with Crippen LogP contribution in [0.25, 0.3) is 88.0 Å². The number of fused-ring (bicyclic) bond motifs is 19. The lowest BCUT2D eigenvalue weighted by atomic mass is 9.65. The molecule has 2 heterocycles. The first-order valence-corrected chi connectivity index (χ1v) is 29.4. The summed E-state index contributed by atoms with van der Waals surface area (Å²) in [4.78, 5) is 2.44. The fourth-order valence-corrected chi connectivity index (χ4v) is 15.1. The van der Waals surface area contributed by atoms with Crippen molar-refractivity contribution in [1.29, 1.82) is 0 Å². The standard InChI is InChI=1S/C82H51NO2/c1-3-21-58(22-4-1)81(59-23-5-2-6-24-59)71-31-14-12-29-66(71)70-51-62(42-47-73(70)81)83(60-40-34-52(35-41-60)57-37-44-69-68-30-13-16-33-77(68)84-78(69)50-57)61-25-17-20-55(48-61)56-36-43-67-65-28-11-15-32-72(65)82(76(67)49-56)74-45-38-53-18-7-9-26-63(53)79(74)85-80-64-27-10-8-19-54(64)39-46-75(80)82/h1-51H. The molecule has 15 aromatic rings. The van der Waals surface area contributed by atoms with Crippen molar-refractivity contribution in [3.63, 3.8) is 0 Å². The normalized spacial score (nSPS) is 13.7. The predicted molar refractivity (Wildman–Crippen MR) is 349 cm³/mol. The average molecular weight is 1080 g/mol. The zero-order valence-electron chi connectivity index (χ0n) is 46.2. The summed E-state index contributed by atoms with van der Waals surface area (Å²) in [5.74, 6) is 1.82. The second kappa shape index (κ2) is 18.2. The second-order valence-electron chi connectivity index (χ2n) is 23.0. The Morgan fingerprint density at radius 3 is 1.45 bits per heavy atom. The van der Waals surface area contributed by atoms with Gasteiger partial charge in [0.2, 0.25) is 0 Å². The molecule has 0 saturated carbocycles. The van der Waals surface area contributed by atoms with Crippen molar-refractivity contribution in [3.8, 4) is 56.0 Å². The molecule has 2 aliphatic carbocycles. The number of furan rings is 1. The summed E-state index contributed by atoms with van der Waals surface area (Å²) >= 11 is 0. The molecule has 0 bridgehead atoms. The molecule has 1 spiro atoms. The largest absolute Gasteiger partial charge is 0.456 e. The van der Waals surface area contributed by atoms with Gasteiger partial charge in [-0.15, -0.1) is 0 Å². The van der Waals surface area contributed by atoms with Crippen molar-refractivity contribution in [2.45, 2.75) is 10.8 Å². The maximum absolute atomic E-state index is 7.32. The van der Waals surface area contributed by atoms with E-state index < -0.39 is 10.8 Å². The van der Waals surface area contributed by atoms with Crippen molar-refractivity contribution in [1.82, 2.24) is 0 Å². The first-order chi connectivity index (χ1) is 42.1. The Bertz CT molecular complexity index is 5100. The molecular weight excluding hydrogens is 1030 g/mol. The second-order valence-corrected chi connectivity index (χ2v) is 23.0. The van der Waals surface area contributed by atoms with Crippen molar-refractivity contribution in [2.75, 3.05) is 4.90 Å². The molecule has 3 aliphatic rings. The van der Waals surface area contributed by atoms with E-state index in [0.29, 0.717) is 0 Å². The van der Waals surface area contributed by atoms with Gasteiger partial charge in [-0.2, -0.15) is 0 Å². The Kier molecular flexibility index (Phi) is 10.2. The third-order valence-electron chi connectivity index (χ3n) is 18.8. The van der Waals surface area contributed by atoms with E-state index >= 15 is 0 Å². The Labute approximate surface area is 492 Å². The maximum Gasteiger partial charge on any atom is 0.140 e. The molecule has 1 aromatic heterocycles. The van der Waals surface area contributed by atoms with Gasteiger partial charge in [-0.3, -0.25) is 0 Å². The van der Waals surface area contributed by atoms with Gasteiger partial charge in [0.1, 0.15) is 22.7 Å². The first-order valence-electron chi connectivity index (χ1n) is 29.4. The van der Waals surface area contributed by atoms with Gasteiger partial charge in [0, 0.05) is 49.7 Å². The molecule has 3 nitrogen and oxygen atoms in total. The SMILES string of the molecule is c1ccc(C2(c3ccccc3)c3ccccc3-c3cc(N(c4ccc(-c5ccc6c(c5)oc5ccccc56)cc4)c4cccc(-c5ccc6c(c5)C5(c7ccccc7-6)c6ccc7ccccc7c6Oc6c5ccc5ccccc65)c4)ccc32)cc1. The van der Waals surface area contributed by atoms with Crippen LogP contribution in [0.5, 0.6) is 11.5 Å². The highest BCUT2D eigenvalue weighted by Crippen LogP contribution is 2.65. The highest BCUT2D eigenvalue weighted by molar-refractivity contribution is 6.06. The molecule has 85 heavy (non-hydrogen) atoms. The van der Waals surface area contributed by atoms with Crippen LogP contribution in [0.2, 0.25) is 0 Å². The third kappa shape index (κ3) is 6.78. The van der Waals surface area contributed by atoms with Gasteiger partial charge < -0.3 is 14.1 Å². The van der Waals surface area contributed by atoms with Crippen molar-refractivity contribution in [3.05, 3.63) is 354 Å². The van der Waals surface area contributed by atoms with Gasteiger partial charge in [0.15, 0.2) is 0 Å². The number of hydrogen-bond donors (Lipinski definition) is 0. The van der Waals surface area contributed by atoms with E-state index in [1.807, 2.05) is 12.1 Å². The molecule has 0 saturated heterocycles. The minimum absolute atomic E-state index is 0.517. The van der Waals surface area contributed by atoms with E-state index in [1.54, 1.807) is 0 Å². The molecule has 1 aliphatic heterocycles. The Hall–Kier alpha value is -11.0. The van der Waals surface area contributed by atoms with E-state index in [-0.39, 0.29) is 0 Å². The van der Waals surface area contributed by atoms with Gasteiger partial charge in [0.05, 0.1) is 10.8 Å². The van der Waals surface area contributed by atoms with Crippen LogP contribution < -0.4 is 9.64 Å². The summed E-state index contributed by atoms with van der Waals surface area (Å²) in [5.41, 5.74) is 23.0. The molecule has 3 heteroatoms. The minimum atomic E-state index is -0.672. The van der Waals surface area contributed by atoms with Crippen molar-refractivity contribution >= 4 is 60.5 Å². The fraction of sp³-hybridized carbons (Fsp3) is 0.0244. The first kappa shape index (κ1) is 47.6. The smallest absolute Gasteiger partial charge is 0.140 e. The average Bonchev–Trinajstić information content (AvgIpc) is 1.69. The Morgan fingerprint density at radius 2 is 0.741 bits per heavy atom. The van der Waals surface area contributed by atoms with Gasteiger partial charge in [-0.05, 0) is 149 Å². The molecule has 0 fully saturated rings. The van der Waals surface area contributed by atoms with Crippen molar-refractivity contribution < 1.29 is 9.15 Å². The zero-order chi connectivity index (χ0) is 55.8. The van der Waals surface area contributed by atoms with Crippen LogP contribution in [0.4, 0.5) is 17.1 Å². The molecular formula is C82H51NO2. The number of anilines is 3. The minimum Gasteiger partial charge on any atom is -0.456 e. The number of para-hydroxylation sites is 1. The number of benzene rings is 14. The van der Waals surface area contributed by atoms with Gasteiger partial charge in [-0.1, -0.05) is 249 Å². The van der Waals surface area contributed by atoms with Crippen LogP contribution in [-0.2, 0) is 10.8 Å². The topological polar surface area (TPSA) is 25.6 Å². The van der Waals surface area contributed by atoms with E-state index in [4.69, 9.17) is 9.15 Å². The molecule has 0 radical (unpaired) electrons. The predicted octanol–water partition coefficient (Wildman–Crippen LogP) is 21.5. The lowest BCUT2D eigenvalue weighted by molar-refractivity contribution is 0.447. The molecule has 14 aromatic carbocycles. The fourth-order valence-electron chi connectivity index (χ4n) is 15.1. The van der Waals surface area contributed by atoms with Crippen LogP contribution >= 0.6 is 0 Å². The summed E-state index contributed by atoms with van der Waals surface area (Å²) < 4.78 is 13.7. The Morgan fingerprint density at radius 1 is 0.247 bits per heavy atom. The summed E-state index contributed by atoms with van der Waals surface area (Å²) in [6, 6.07) is 114. The Balaban J connectivity index is 0.828. The monoisotopic (exact) mass is 1080 g/mol. The molecule has 0 N–H and O–H groups in total. The quantitative estimate of drug-likeness (QED) is 0.159. The number of ether oxygens (including phenoxy) is 1. The highest BCUT2D eigenvalue weighted by atomic mass is 16.5. The lowest BCUT2D eigenvalue weighted by Gasteiger charge is -2.40. The van der Waals surface area contributed by atoms with Crippen molar-refractivity contribution in [2.24, 2.45) is 0 Å². The number of hydrogen-bond acceptors (Lipinski definition) is 3. The molecule has 18 rings (SSSR count). The van der Waals surface area contributed by atoms with E-state index in [0.717, 1.165) is 105 Å². The lowest BCUT2D eigenvalue weighted by Crippen LogP contribution is -2.32. The number of nitrogens with zero attached hydrogens (tertiary/aromatic N) is 1. The van der Waals surface area contributed by atoms with Crippen LogP contribution in [0.1, 0.15) is 44.5 Å². The van der Waals surface area contributed by atoms with Gasteiger partial charge in [-0.25, -0.2) is 0 Å². The van der Waals surface area contributed by atoms with Crippen LogP contribution in [0.3, 0.4) is 0 Å². The summed E-state index contributed by atoms with van der Waals surface area (Å²) in [6.07, 6.45) is 0. The van der Waals surface area contributed by atoms with Gasteiger partial charge >= 0.3 is 0 Å². The highest BCUT2D eigenvalue weighted by Gasteiger charge is 2.52.